The molecule has 0 saturated carbocycles. The van der Waals surface area contributed by atoms with Gasteiger partial charge in [0.25, 0.3) is 5.91 Å². The van der Waals surface area contributed by atoms with Crippen molar-refractivity contribution in [3.8, 4) is 5.75 Å². The number of rotatable bonds is 5. The molecule has 6 heteroatoms. The molecule has 0 atom stereocenters. The van der Waals surface area contributed by atoms with E-state index >= 15 is 0 Å². The highest BCUT2D eigenvalue weighted by atomic mass is 16.5. The summed E-state index contributed by atoms with van der Waals surface area (Å²) in [5, 5.41) is 8.95. The number of benzene rings is 3. The van der Waals surface area contributed by atoms with E-state index in [0.29, 0.717) is 17.0 Å². The average molecular weight is 359 g/mol. The number of ketones is 1. The monoisotopic (exact) mass is 359 g/mol. The van der Waals surface area contributed by atoms with Crippen LogP contribution in [0.25, 0.3) is 10.8 Å². The van der Waals surface area contributed by atoms with Crippen LogP contribution in [0.15, 0.2) is 65.8 Å². The molecule has 0 fully saturated rings. The molecule has 0 unspecified atom stereocenters. The number of hydrogen-bond acceptors (Lipinski definition) is 5. The number of methoxy groups -OCH3 is 1. The highest BCUT2D eigenvalue weighted by molar-refractivity contribution is 6.59. The van der Waals surface area contributed by atoms with Crippen molar-refractivity contribution in [2.45, 2.75) is 0 Å². The molecule has 0 aliphatic heterocycles. The van der Waals surface area contributed by atoms with E-state index in [1.807, 2.05) is 48.5 Å². The Balaban J connectivity index is 1.50. The van der Waals surface area contributed by atoms with Crippen LogP contribution in [0.1, 0.15) is 15.9 Å². The third-order valence-electron chi connectivity index (χ3n) is 4.46. The molecule has 2 N–H and O–H groups in total. The van der Waals surface area contributed by atoms with Gasteiger partial charge in [0.2, 0.25) is 5.78 Å². The van der Waals surface area contributed by atoms with Crippen LogP contribution >= 0.6 is 0 Å². The normalized spacial score (nSPS) is 13.8. The summed E-state index contributed by atoms with van der Waals surface area (Å²) in [7, 11) is 1.57. The Morgan fingerprint density at radius 2 is 1.74 bits per heavy atom. The van der Waals surface area contributed by atoms with E-state index in [-0.39, 0.29) is 23.9 Å². The summed E-state index contributed by atoms with van der Waals surface area (Å²) in [5.74, 6) is 0.105. The first-order valence-corrected chi connectivity index (χ1v) is 8.49. The lowest BCUT2D eigenvalue weighted by atomic mass is 10.1. The fourth-order valence-corrected chi connectivity index (χ4v) is 3.21. The fraction of sp³-hybridized carbons (Fsp3) is 0.0952. The molecule has 1 aliphatic rings. The van der Waals surface area contributed by atoms with E-state index in [1.165, 1.54) is 0 Å². The van der Waals surface area contributed by atoms with Gasteiger partial charge < -0.3 is 10.1 Å². The first-order valence-electron chi connectivity index (χ1n) is 8.49. The summed E-state index contributed by atoms with van der Waals surface area (Å²) in [6.07, 6.45) is 0. The van der Waals surface area contributed by atoms with Gasteiger partial charge in [-0.05, 0) is 17.5 Å². The maximum Gasteiger partial charge on any atom is 0.259 e. The molecule has 3 aromatic rings. The number of carbonyl (C=O) groups excluding carboxylic acids is 2. The molecule has 6 nitrogen and oxygen atoms in total. The molecule has 1 amide bonds. The molecule has 0 spiro atoms. The maximum absolute atomic E-state index is 12.6. The lowest BCUT2D eigenvalue weighted by molar-refractivity contribution is -0.119. The van der Waals surface area contributed by atoms with Crippen molar-refractivity contribution in [3.05, 3.63) is 71.8 Å². The van der Waals surface area contributed by atoms with Gasteiger partial charge in [-0.25, -0.2) is 5.43 Å². The Kier molecular flexibility index (Phi) is 4.30. The van der Waals surface area contributed by atoms with E-state index in [9.17, 15) is 9.59 Å². The van der Waals surface area contributed by atoms with Gasteiger partial charge in [0.05, 0.1) is 19.3 Å². The van der Waals surface area contributed by atoms with Crippen molar-refractivity contribution in [2.24, 2.45) is 5.10 Å². The molecular weight excluding hydrogens is 342 g/mol. The standard InChI is InChI=1S/C21H17N3O3/c1-27-17-11-3-2-10-16(17)22-12-18(25)23-24-20-14-8-4-6-13-7-5-9-15(19(13)14)21(20)26/h2-11,22H,12H2,1H3,(H,23,25)/b24-20-. The number of Topliss-reactive ketones (excluding diaryl/α,β-unsaturated/α-hetero) is 1. The number of ether oxygens (including phenoxy) is 1. The molecule has 0 aromatic heterocycles. The molecule has 27 heavy (non-hydrogen) atoms. The average Bonchev–Trinajstić information content (AvgIpc) is 2.98. The van der Waals surface area contributed by atoms with Gasteiger partial charge in [-0.1, -0.05) is 48.5 Å². The molecule has 0 bridgehead atoms. The highest BCUT2D eigenvalue weighted by Crippen LogP contribution is 2.30. The van der Waals surface area contributed by atoms with E-state index in [4.69, 9.17) is 4.74 Å². The molecule has 1 aliphatic carbocycles. The topological polar surface area (TPSA) is 79.8 Å². The maximum atomic E-state index is 12.6. The fourth-order valence-electron chi connectivity index (χ4n) is 3.21. The molecule has 0 saturated heterocycles. The van der Waals surface area contributed by atoms with Crippen LogP contribution < -0.4 is 15.5 Å². The van der Waals surface area contributed by atoms with Crippen molar-refractivity contribution in [2.75, 3.05) is 19.0 Å². The largest absolute Gasteiger partial charge is 0.495 e. The SMILES string of the molecule is COc1ccccc1NCC(=O)N/N=C1\C(=O)c2cccc3cccc1c23. The summed E-state index contributed by atoms with van der Waals surface area (Å²) in [4.78, 5) is 24.8. The number of para-hydroxylation sites is 2. The van der Waals surface area contributed by atoms with E-state index in [0.717, 1.165) is 16.3 Å². The zero-order valence-electron chi connectivity index (χ0n) is 14.7. The van der Waals surface area contributed by atoms with E-state index in [2.05, 4.69) is 15.8 Å². The zero-order valence-corrected chi connectivity index (χ0v) is 14.7. The lowest BCUT2D eigenvalue weighted by Gasteiger charge is -2.10. The van der Waals surface area contributed by atoms with Gasteiger partial charge >= 0.3 is 0 Å². The summed E-state index contributed by atoms with van der Waals surface area (Å²) in [5.41, 5.74) is 4.78. The van der Waals surface area contributed by atoms with Crippen molar-refractivity contribution in [1.82, 2.24) is 5.43 Å². The van der Waals surface area contributed by atoms with Gasteiger partial charge in [0, 0.05) is 16.5 Å². The van der Waals surface area contributed by atoms with E-state index in [1.54, 1.807) is 19.2 Å². The summed E-state index contributed by atoms with van der Waals surface area (Å²) in [6, 6.07) is 18.6. The van der Waals surface area contributed by atoms with Crippen LogP contribution in [0, 0.1) is 0 Å². The van der Waals surface area contributed by atoms with Crippen LogP contribution in [0.2, 0.25) is 0 Å². The second kappa shape index (κ2) is 6.92. The minimum atomic E-state index is -0.357. The Morgan fingerprint density at radius 3 is 2.52 bits per heavy atom. The van der Waals surface area contributed by atoms with Crippen molar-refractivity contribution >= 4 is 33.9 Å². The third-order valence-corrected chi connectivity index (χ3v) is 4.46. The van der Waals surface area contributed by atoms with Crippen LogP contribution in [0.4, 0.5) is 5.69 Å². The van der Waals surface area contributed by atoms with Crippen molar-refractivity contribution < 1.29 is 14.3 Å². The summed E-state index contributed by atoms with van der Waals surface area (Å²) in [6.45, 7) is 0.00247. The van der Waals surface area contributed by atoms with Gasteiger partial charge in [-0.3, -0.25) is 9.59 Å². The van der Waals surface area contributed by atoms with Gasteiger partial charge in [-0.15, -0.1) is 0 Å². The molecular formula is C21H17N3O3. The number of anilines is 1. The van der Waals surface area contributed by atoms with Crippen molar-refractivity contribution in [1.29, 1.82) is 0 Å². The molecule has 4 rings (SSSR count). The highest BCUT2D eigenvalue weighted by Gasteiger charge is 2.28. The van der Waals surface area contributed by atoms with Crippen LogP contribution in [-0.2, 0) is 4.79 Å². The summed E-state index contributed by atoms with van der Waals surface area (Å²) >= 11 is 0. The first kappa shape index (κ1) is 16.8. The summed E-state index contributed by atoms with van der Waals surface area (Å²) < 4.78 is 5.23. The van der Waals surface area contributed by atoms with Gasteiger partial charge in [0.1, 0.15) is 11.5 Å². The Morgan fingerprint density at radius 1 is 1.00 bits per heavy atom. The minimum absolute atomic E-state index is 0.00247. The predicted molar refractivity (Wildman–Crippen MR) is 104 cm³/mol. The van der Waals surface area contributed by atoms with Crippen molar-refractivity contribution in [3.63, 3.8) is 0 Å². The van der Waals surface area contributed by atoms with E-state index < -0.39 is 0 Å². The minimum Gasteiger partial charge on any atom is -0.495 e. The second-order valence-corrected chi connectivity index (χ2v) is 6.09. The number of hydrogen-bond donors (Lipinski definition) is 2. The van der Waals surface area contributed by atoms with Gasteiger partial charge in [0.15, 0.2) is 0 Å². The number of nitrogens with one attached hydrogen (secondary N) is 2. The quantitative estimate of drug-likeness (QED) is 0.687. The van der Waals surface area contributed by atoms with Crippen LogP contribution in [-0.4, -0.2) is 31.1 Å². The van der Waals surface area contributed by atoms with Crippen LogP contribution in [0.3, 0.4) is 0 Å². The first-order chi connectivity index (χ1) is 13.2. The Bertz CT molecular complexity index is 1080. The van der Waals surface area contributed by atoms with Gasteiger partial charge in [-0.2, -0.15) is 5.10 Å². The number of carbonyl (C=O) groups is 2. The predicted octanol–water partition coefficient (Wildman–Crippen LogP) is 2.98. The molecule has 134 valence electrons. The smallest absolute Gasteiger partial charge is 0.259 e. The molecule has 0 heterocycles. The number of nitrogens with zero attached hydrogens (tertiary/aromatic N) is 1. The molecule has 0 radical (unpaired) electrons. The second-order valence-electron chi connectivity index (χ2n) is 6.09. The Labute approximate surface area is 155 Å². The third kappa shape index (κ3) is 3.01. The number of hydrazone groups is 1. The number of amides is 1. The Hall–Kier alpha value is -3.67. The zero-order chi connectivity index (χ0) is 18.8. The lowest BCUT2D eigenvalue weighted by Crippen LogP contribution is -2.28. The molecule has 3 aromatic carbocycles. The van der Waals surface area contributed by atoms with Crippen LogP contribution in [0.5, 0.6) is 5.75 Å².